The van der Waals surface area contributed by atoms with Crippen molar-refractivity contribution in [2.75, 3.05) is 13.1 Å². The lowest BCUT2D eigenvalue weighted by Crippen LogP contribution is -2.27. The average molecular weight is 250 g/mol. The number of nitrogens with zero attached hydrogens (tertiary/aromatic N) is 1. The first kappa shape index (κ1) is 12.8. The van der Waals surface area contributed by atoms with Crippen molar-refractivity contribution in [2.24, 2.45) is 0 Å². The van der Waals surface area contributed by atoms with E-state index in [0.29, 0.717) is 11.1 Å². The molecule has 5 heteroatoms. The van der Waals surface area contributed by atoms with Crippen LogP contribution in [0.15, 0.2) is 6.07 Å². The summed E-state index contributed by atoms with van der Waals surface area (Å²) in [6.45, 7) is 5.23. The number of rotatable bonds is 2. The SMILES string of the molecule is Cc1cc([N+](=O)[O-])c(C)c(C2CCNCC2)c1O. The highest BCUT2D eigenvalue weighted by atomic mass is 16.6. The molecule has 0 radical (unpaired) electrons. The third kappa shape index (κ3) is 2.18. The van der Waals surface area contributed by atoms with Crippen LogP contribution < -0.4 is 5.32 Å². The monoisotopic (exact) mass is 250 g/mol. The van der Waals surface area contributed by atoms with Crippen LogP contribution in [0.5, 0.6) is 5.75 Å². The number of piperidine rings is 1. The highest BCUT2D eigenvalue weighted by molar-refractivity contribution is 5.56. The number of nitro groups is 1. The highest BCUT2D eigenvalue weighted by Gasteiger charge is 2.26. The Labute approximate surface area is 106 Å². The van der Waals surface area contributed by atoms with E-state index < -0.39 is 0 Å². The second-order valence-corrected chi connectivity index (χ2v) is 4.88. The van der Waals surface area contributed by atoms with Crippen LogP contribution in [0.2, 0.25) is 0 Å². The van der Waals surface area contributed by atoms with E-state index in [9.17, 15) is 15.2 Å². The van der Waals surface area contributed by atoms with E-state index in [4.69, 9.17) is 0 Å². The minimum atomic E-state index is -0.369. The van der Waals surface area contributed by atoms with Gasteiger partial charge in [-0.25, -0.2) is 0 Å². The normalized spacial score (nSPS) is 16.8. The fourth-order valence-corrected chi connectivity index (χ4v) is 2.71. The molecule has 0 unspecified atom stereocenters. The standard InChI is InChI=1S/C13H18N2O3/c1-8-7-11(15(17)18)9(2)12(13(8)16)10-3-5-14-6-4-10/h7,10,14,16H,3-6H2,1-2H3. The maximum absolute atomic E-state index is 11.0. The van der Waals surface area contributed by atoms with Gasteiger partial charge in [0.25, 0.3) is 5.69 Å². The largest absolute Gasteiger partial charge is 0.507 e. The third-order valence-electron chi connectivity index (χ3n) is 3.71. The molecule has 0 spiro atoms. The van der Waals surface area contributed by atoms with E-state index in [1.165, 1.54) is 6.07 Å². The molecule has 2 rings (SSSR count). The predicted molar refractivity (Wildman–Crippen MR) is 69.1 cm³/mol. The number of hydrogen-bond acceptors (Lipinski definition) is 4. The zero-order chi connectivity index (χ0) is 13.3. The molecule has 1 aromatic rings. The molecule has 5 nitrogen and oxygen atoms in total. The number of aryl methyl sites for hydroxylation is 1. The number of benzene rings is 1. The van der Waals surface area contributed by atoms with Gasteiger partial charge in [-0.2, -0.15) is 0 Å². The average Bonchev–Trinajstić information content (AvgIpc) is 2.35. The zero-order valence-corrected chi connectivity index (χ0v) is 10.7. The summed E-state index contributed by atoms with van der Waals surface area (Å²) in [4.78, 5) is 10.7. The molecule has 1 heterocycles. The van der Waals surface area contributed by atoms with Gasteiger partial charge < -0.3 is 10.4 Å². The summed E-state index contributed by atoms with van der Waals surface area (Å²) in [5.74, 6) is 0.440. The van der Waals surface area contributed by atoms with Crippen LogP contribution in [0.4, 0.5) is 5.69 Å². The van der Waals surface area contributed by atoms with Crippen molar-refractivity contribution in [3.8, 4) is 5.75 Å². The van der Waals surface area contributed by atoms with Gasteiger partial charge in [-0.3, -0.25) is 10.1 Å². The van der Waals surface area contributed by atoms with Gasteiger partial charge in [-0.05, 0) is 51.3 Å². The lowest BCUT2D eigenvalue weighted by atomic mass is 9.85. The first-order valence-corrected chi connectivity index (χ1v) is 6.20. The summed E-state index contributed by atoms with van der Waals surface area (Å²) in [6.07, 6.45) is 1.82. The van der Waals surface area contributed by atoms with Crippen molar-refractivity contribution < 1.29 is 10.0 Å². The Kier molecular flexibility index (Phi) is 3.52. The first-order valence-electron chi connectivity index (χ1n) is 6.20. The van der Waals surface area contributed by atoms with Gasteiger partial charge in [0, 0.05) is 17.2 Å². The number of hydrogen-bond donors (Lipinski definition) is 2. The Morgan fingerprint density at radius 2 is 2.00 bits per heavy atom. The Balaban J connectivity index is 2.53. The van der Waals surface area contributed by atoms with Crippen LogP contribution in [0.1, 0.15) is 35.4 Å². The molecule has 0 aromatic heterocycles. The number of nitrogens with one attached hydrogen (secondary N) is 1. The molecule has 18 heavy (non-hydrogen) atoms. The molecule has 1 aliphatic rings. The Morgan fingerprint density at radius 3 is 2.56 bits per heavy atom. The van der Waals surface area contributed by atoms with Gasteiger partial charge in [0.15, 0.2) is 0 Å². The van der Waals surface area contributed by atoms with Crippen molar-refractivity contribution in [3.63, 3.8) is 0 Å². The zero-order valence-electron chi connectivity index (χ0n) is 10.7. The quantitative estimate of drug-likeness (QED) is 0.624. The first-order chi connectivity index (χ1) is 8.52. The van der Waals surface area contributed by atoms with Gasteiger partial charge in [0.1, 0.15) is 5.75 Å². The Morgan fingerprint density at radius 1 is 1.39 bits per heavy atom. The summed E-state index contributed by atoms with van der Waals surface area (Å²) < 4.78 is 0. The molecule has 1 saturated heterocycles. The molecule has 0 atom stereocenters. The van der Waals surface area contributed by atoms with Crippen LogP contribution in [0, 0.1) is 24.0 Å². The maximum atomic E-state index is 11.0. The maximum Gasteiger partial charge on any atom is 0.273 e. The van der Waals surface area contributed by atoms with Crippen LogP contribution in [-0.2, 0) is 0 Å². The summed E-state index contributed by atoms with van der Waals surface area (Å²) in [7, 11) is 0. The lowest BCUT2D eigenvalue weighted by molar-refractivity contribution is -0.385. The summed E-state index contributed by atoms with van der Waals surface area (Å²) in [6, 6.07) is 1.45. The topological polar surface area (TPSA) is 75.4 Å². The van der Waals surface area contributed by atoms with E-state index >= 15 is 0 Å². The molecule has 0 bridgehead atoms. The minimum absolute atomic E-state index is 0.110. The molecule has 98 valence electrons. The summed E-state index contributed by atoms with van der Waals surface area (Å²) in [5.41, 5.74) is 2.07. The number of nitro benzene ring substituents is 1. The number of phenolic OH excluding ortho intramolecular Hbond substituents is 1. The van der Waals surface area contributed by atoms with Gasteiger partial charge in [0.2, 0.25) is 0 Å². The van der Waals surface area contributed by atoms with Crippen molar-refractivity contribution in [2.45, 2.75) is 32.6 Å². The van der Waals surface area contributed by atoms with Crippen LogP contribution in [-0.4, -0.2) is 23.1 Å². The fourth-order valence-electron chi connectivity index (χ4n) is 2.71. The van der Waals surface area contributed by atoms with Crippen molar-refractivity contribution >= 4 is 5.69 Å². The molecule has 1 aromatic carbocycles. The second kappa shape index (κ2) is 4.94. The smallest absolute Gasteiger partial charge is 0.273 e. The van der Waals surface area contributed by atoms with Crippen LogP contribution in [0.25, 0.3) is 0 Å². The van der Waals surface area contributed by atoms with E-state index in [1.807, 2.05) is 0 Å². The predicted octanol–water partition coefficient (Wildman–Crippen LogP) is 2.38. The van der Waals surface area contributed by atoms with E-state index in [0.717, 1.165) is 31.5 Å². The molecule has 0 amide bonds. The number of aromatic hydroxyl groups is 1. The Bertz CT molecular complexity index is 480. The van der Waals surface area contributed by atoms with Crippen LogP contribution >= 0.6 is 0 Å². The minimum Gasteiger partial charge on any atom is -0.507 e. The van der Waals surface area contributed by atoms with Gasteiger partial charge in [-0.1, -0.05) is 0 Å². The van der Waals surface area contributed by atoms with Gasteiger partial charge in [0.05, 0.1) is 4.92 Å². The van der Waals surface area contributed by atoms with Crippen molar-refractivity contribution in [1.82, 2.24) is 5.32 Å². The molecule has 0 saturated carbocycles. The van der Waals surface area contributed by atoms with Crippen molar-refractivity contribution in [3.05, 3.63) is 32.9 Å². The molecule has 0 aliphatic carbocycles. The van der Waals surface area contributed by atoms with Crippen LogP contribution in [0.3, 0.4) is 0 Å². The molecular weight excluding hydrogens is 232 g/mol. The second-order valence-electron chi connectivity index (χ2n) is 4.88. The van der Waals surface area contributed by atoms with E-state index in [-0.39, 0.29) is 22.3 Å². The molecule has 1 fully saturated rings. The fraction of sp³-hybridized carbons (Fsp3) is 0.538. The van der Waals surface area contributed by atoms with E-state index in [2.05, 4.69) is 5.32 Å². The Hall–Kier alpha value is -1.62. The van der Waals surface area contributed by atoms with Crippen molar-refractivity contribution in [1.29, 1.82) is 0 Å². The summed E-state index contributed by atoms with van der Waals surface area (Å²) in [5, 5.41) is 24.5. The highest BCUT2D eigenvalue weighted by Crippen LogP contribution is 2.40. The number of phenols is 1. The summed E-state index contributed by atoms with van der Waals surface area (Å²) >= 11 is 0. The molecular formula is C13H18N2O3. The van der Waals surface area contributed by atoms with E-state index in [1.54, 1.807) is 13.8 Å². The molecule has 1 aliphatic heterocycles. The molecule has 2 N–H and O–H groups in total. The van der Waals surface area contributed by atoms with Gasteiger partial charge >= 0.3 is 0 Å². The lowest BCUT2D eigenvalue weighted by Gasteiger charge is -2.25. The van der Waals surface area contributed by atoms with Gasteiger partial charge in [-0.15, -0.1) is 0 Å². The third-order valence-corrected chi connectivity index (χ3v) is 3.71.